The van der Waals surface area contributed by atoms with Crippen molar-refractivity contribution in [3.63, 3.8) is 0 Å². The van der Waals surface area contributed by atoms with E-state index in [4.69, 9.17) is 0 Å². The average molecular weight is 307 g/mol. The van der Waals surface area contributed by atoms with E-state index in [-0.39, 0.29) is 0 Å². The Kier molecular flexibility index (Phi) is 6.91. The van der Waals surface area contributed by atoms with Crippen LogP contribution in [0, 0.1) is 11.8 Å². The smallest absolute Gasteiger partial charge is 0.222 e. The Bertz CT molecular complexity index is 378. The van der Waals surface area contributed by atoms with Crippen LogP contribution in [-0.4, -0.2) is 29.2 Å². The van der Waals surface area contributed by atoms with Gasteiger partial charge in [0, 0.05) is 31.8 Å². The fourth-order valence-corrected chi connectivity index (χ4v) is 4.15. The first-order chi connectivity index (χ1) is 10.6. The maximum absolute atomic E-state index is 12.5. The van der Waals surface area contributed by atoms with Crippen LogP contribution in [0.25, 0.3) is 0 Å². The normalized spacial score (nSPS) is 26.4. The van der Waals surface area contributed by atoms with Crippen molar-refractivity contribution in [3.8, 4) is 0 Å². The van der Waals surface area contributed by atoms with Gasteiger partial charge in [-0.25, -0.2) is 0 Å². The minimum absolute atomic E-state index is 0.299. The minimum Gasteiger partial charge on any atom is -0.339 e. The van der Waals surface area contributed by atoms with Crippen LogP contribution < -0.4 is 0 Å². The molecule has 0 N–H and O–H groups in total. The Morgan fingerprint density at radius 2 is 1.82 bits per heavy atom. The van der Waals surface area contributed by atoms with E-state index in [2.05, 4.69) is 18.7 Å². The Hall–Kier alpha value is -0.860. The molecule has 126 valence electrons. The lowest BCUT2D eigenvalue weighted by Gasteiger charge is -2.44. The third-order valence-corrected chi connectivity index (χ3v) is 5.68. The molecule has 1 saturated heterocycles. The summed E-state index contributed by atoms with van der Waals surface area (Å²) in [4.78, 5) is 26.6. The highest BCUT2D eigenvalue weighted by Gasteiger charge is 2.35. The molecule has 0 bridgehead atoms. The number of rotatable bonds is 7. The Morgan fingerprint density at radius 1 is 1.09 bits per heavy atom. The van der Waals surface area contributed by atoms with Gasteiger partial charge < -0.3 is 4.90 Å². The number of nitrogens with zero attached hydrogens (tertiary/aromatic N) is 1. The summed E-state index contributed by atoms with van der Waals surface area (Å²) < 4.78 is 0. The lowest BCUT2D eigenvalue weighted by Crippen LogP contribution is -2.49. The van der Waals surface area contributed by atoms with E-state index in [1.807, 2.05) is 0 Å². The molecule has 2 aliphatic rings. The first-order valence-electron chi connectivity index (χ1n) is 9.43. The van der Waals surface area contributed by atoms with E-state index in [0.29, 0.717) is 42.9 Å². The van der Waals surface area contributed by atoms with E-state index < -0.39 is 0 Å². The number of ketones is 1. The maximum Gasteiger partial charge on any atom is 0.222 e. The molecule has 0 radical (unpaired) electrons. The maximum atomic E-state index is 12.5. The number of carbonyl (C=O) groups excluding carboxylic acids is 2. The van der Waals surface area contributed by atoms with Gasteiger partial charge in [-0.05, 0) is 43.9 Å². The lowest BCUT2D eigenvalue weighted by molar-refractivity contribution is -0.137. The summed E-state index contributed by atoms with van der Waals surface area (Å²) in [5.74, 6) is 1.86. The van der Waals surface area contributed by atoms with Crippen LogP contribution in [0.15, 0.2) is 0 Å². The molecule has 3 heteroatoms. The molecule has 1 saturated carbocycles. The number of Topliss-reactive ketones (excluding diaryl/α,β-unsaturated/α-hetero) is 1. The molecule has 3 unspecified atom stereocenters. The van der Waals surface area contributed by atoms with Crippen LogP contribution in [0.1, 0.15) is 84.5 Å². The molecule has 22 heavy (non-hydrogen) atoms. The number of likely N-dealkylation sites (tertiary alicyclic amines) is 1. The van der Waals surface area contributed by atoms with Crippen LogP contribution in [0.3, 0.4) is 0 Å². The van der Waals surface area contributed by atoms with Gasteiger partial charge in [-0.15, -0.1) is 0 Å². The van der Waals surface area contributed by atoms with Gasteiger partial charge in [0.05, 0.1) is 0 Å². The number of amides is 1. The second kappa shape index (κ2) is 8.69. The van der Waals surface area contributed by atoms with E-state index in [0.717, 1.165) is 25.3 Å². The molecule has 1 heterocycles. The summed E-state index contributed by atoms with van der Waals surface area (Å²) in [6.45, 7) is 5.19. The SMILES string of the molecule is CCC(C)CC(=O)CCCC(=O)N1CCCC2CCCCC21. The summed E-state index contributed by atoms with van der Waals surface area (Å²) >= 11 is 0. The van der Waals surface area contributed by atoms with E-state index in [1.165, 1.54) is 38.5 Å². The van der Waals surface area contributed by atoms with Crippen LogP contribution in [0.5, 0.6) is 0 Å². The Labute approximate surface area is 135 Å². The monoisotopic (exact) mass is 307 g/mol. The van der Waals surface area contributed by atoms with Crippen molar-refractivity contribution in [2.75, 3.05) is 6.54 Å². The predicted octanol–water partition coefficient (Wildman–Crippen LogP) is 4.34. The highest BCUT2D eigenvalue weighted by atomic mass is 16.2. The van der Waals surface area contributed by atoms with Gasteiger partial charge in [0.1, 0.15) is 5.78 Å². The Morgan fingerprint density at radius 3 is 2.59 bits per heavy atom. The van der Waals surface area contributed by atoms with Gasteiger partial charge in [-0.2, -0.15) is 0 Å². The fourth-order valence-electron chi connectivity index (χ4n) is 4.15. The van der Waals surface area contributed by atoms with Crippen molar-refractivity contribution in [3.05, 3.63) is 0 Å². The van der Waals surface area contributed by atoms with Gasteiger partial charge >= 0.3 is 0 Å². The number of carbonyl (C=O) groups is 2. The highest BCUT2D eigenvalue weighted by molar-refractivity contribution is 5.80. The first-order valence-corrected chi connectivity index (χ1v) is 9.43. The molecular formula is C19H33NO2. The Balaban J connectivity index is 1.73. The van der Waals surface area contributed by atoms with E-state index >= 15 is 0 Å². The summed E-state index contributed by atoms with van der Waals surface area (Å²) in [5.41, 5.74) is 0. The molecule has 1 aliphatic heterocycles. The molecule has 0 aromatic rings. The zero-order valence-electron chi connectivity index (χ0n) is 14.5. The summed E-state index contributed by atoms with van der Waals surface area (Å²) in [5, 5.41) is 0. The van der Waals surface area contributed by atoms with Gasteiger partial charge in [-0.3, -0.25) is 9.59 Å². The number of fused-ring (bicyclic) bond motifs is 1. The van der Waals surface area contributed by atoms with Gasteiger partial charge in [0.25, 0.3) is 0 Å². The number of piperidine rings is 1. The van der Waals surface area contributed by atoms with Crippen LogP contribution in [-0.2, 0) is 9.59 Å². The van der Waals surface area contributed by atoms with Crippen molar-refractivity contribution < 1.29 is 9.59 Å². The van der Waals surface area contributed by atoms with Crippen molar-refractivity contribution in [2.24, 2.45) is 11.8 Å². The third-order valence-electron chi connectivity index (χ3n) is 5.68. The second-order valence-electron chi connectivity index (χ2n) is 7.45. The lowest BCUT2D eigenvalue weighted by atomic mass is 9.78. The van der Waals surface area contributed by atoms with Gasteiger partial charge in [0.2, 0.25) is 5.91 Å². The zero-order chi connectivity index (χ0) is 15.9. The molecule has 0 aromatic carbocycles. The molecular weight excluding hydrogens is 274 g/mol. The van der Waals surface area contributed by atoms with Crippen LogP contribution in [0.4, 0.5) is 0 Å². The summed E-state index contributed by atoms with van der Waals surface area (Å²) in [6, 6.07) is 0.505. The van der Waals surface area contributed by atoms with E-state index in [9.17, 15) is 9.59 Å². The minimum atomic E-state index is 0.299. The van der Waals surface area contributed by atoms with E-state index in [1.54, 1.807) is 0 Å². The molecule has 2 fully saturated rings. The number of hydrogen-bond donors (Lipinski definition) is 0. The molecule has 1 aliphatic carbocycles. The van der Waals surface area contributed by atoms with Crippen molar-refractivity contribution in [1.82, 2.24) is 4.90 Å². The standard InChI is InChI=1S/C19H33NO2/c1-3-15(2)14-17(21)10-6-12-19(22)20-13-7-9-16-8-4-5-11-18(16)20/h15-16,18H,3-14H2,1-2H3. The van der Waals surface area contributed by atoms with Crippen LogP contribution in [0.2, 0.25) is 0 Å². The topological polar surface area (TPSA) is 37.4 Å². The molecule has 1 amide bonds. The fraction of sp³-hybridized carbons (Fsp3) is 0.895. The number of hydrogen-bond acceptors (Lipinski definition) is 2. The average Bonchev–Trinajstić information content (AvgIpc) is 2.54. The zero-order valence-corrected chi connectivity index (χ0v) is 14.5. The van der Waals surface area contributed by atoms with Gasteiger partial charge in [-0.1, -0.05) is 33.1 Å². The predicted molar refractivity (Wildman–Crippen MR) is 89.6 cm³/mol. The van der Waals surface area contributed by atoms with Crippen LogP contribution >= 0.6 is 0 Å². The molecule has 0 aromatic heterocycles. The summed E-state index contributed by atoms with van der Waals surface area (Å²) in [6.07, 6.45) is 11.2. The quantitative estimate of drug-likeness (QED) is 0.701. The largest absolute Gasteiger partial charge is 0.339 e. The van der Waals surface area contributed by atoms with Gasteiger partial charge in [0.15, 0.2) is 0 Å². The molecule has 0 spiro atoms. The third kappa shape index (κ3) is 4.82. The molecule has 3 nitrogen and oxygen atoms in total. The second-order valence-corrected chi connectivity index (χ2v) is 7.45. The van der Waals surface area contributed by atoms with Crippen molar-refractivity contribution >= 4 is 11.7 Å². The molecule has 3 atom stereocenters. The molecule has 2 rings (SSSR count). The highest BCUT2D eigenvalue weighted by Crippen LogP contribution is 2.35. The first kappa shape index (κ1) is 17.5. The van der Waals surface area contributed by atoms with Crippen molar-refractivity contribution in [1.29, 1.82) is 0 Å². The van der Waals surface area contributed by atoms with Crippen molar-refractivity contribution in [2.45, 2.75) is 90.5 Å². The summed E-state index contributed by atoms with van der Waals surface area (Å²) in [7, 11) is 0.